The van der Waals surface area contributed by atoms with E-state index in [1.807, 2.05) is 0 Å². The van der Waals surface area contributed by atoms with Crippen LogP contribution in [0.3, 0.4) is 0 Å². The number of rotatable bonds is 10. The molecule has 2 heterocycles. The molecule has 0 radical (unpaired) electrons. The van der Waals surface area contributed by atoms with Crippen molar-refractivity contribution < 1.29 is 5.11 Å². The molecule has 1 aliphatic rings. The number of hydrogen-bond donors (Lipinski definition) is 2. The third-order valence-corrected chi connectivity index (χ3v) is 5.60. The molecule has 154 valence electrons. The molecule has 0 aliphatic carbocycles. The van der Waals surface area contributed by atoms with Crippen molar-refractivity contribution in [2.45, 2.75) is 52.1 Å². The Kier molecular flexibility index (Phi) is 8.07. The van der Waals surface area contributed by atoms with Crippen LogP contribution in [-0.4, -0.2) is 63.9 Å². The highest BCUT2D eigenvalue weighted by Gasteiger charge is 2.26. The molecule has 0 unspecified atom stereocenters. The molecule has 28 heavy (non-hydrogen) atoms. The second kappa shape index (κ2) is 10.7. The van der Waals surface area contributed by atoms with Gasteiger partial charge in [0.05, 0.1) is 5.69 Å². The normalized spacial score (nSPS) is 18.8. The molecule has 0 spiro atoms. The predicted molar refractivity (Wildman–Crippen MR) is 114 cm³/mol. The van der Waals surface area contributed by atoms with E-state index in [0.29, 0.717) is 12.0 Å². The van der Waals surface area contributed by atoms with E-state index in [1.165, 1.54) is 17.7 Å². The smallest absolute Gasteiger partial charge is 0.0628 e. The van der Waals surface area contributed by atoms with E-state index < -0.39 is 0 Å². The SMILES string of the molecule is CC(C)Cc1cc(CN2CCN(CCCc3ccccc3)[C@@H](CCO)C2)[nH]n1. The zero-order valence-corrected chi connectivity index (χ0v) is 17.5. The Morgan fingerprint density at radius 1 is 1.21 bits per heavy atom. The molecule has 1 saturated heterocycles. The van der Waals surface area contributed by atoms with E-state index in [2.05, 4.69) is 70.2 Å². The number of aromatic nitrogens is 2. The molecule has 1 atom stereocenters. The van der Waals surface area contributed by atoms with Crippen LogP contribution in [0, 0.1) is 5.92 Å². The van der Waals surface area contributed by atoms with Crippen molar-refractivity contribution in [2.75, 3.05) is 32.8 Å². The zero-order valence-electron chi connectivity index (χ0n) is 17.5. The summed E-state index contributed by atoms with van der Waals surface area (Å²) >= 11 is 0. The van der Waals surface area contributed by atoms with Crippen LogP contribution >= 0.6 is 0 Å². The van der Waals surface area contributed by atoms with Crippen LogP contribution in [0.2, 0.25) is 0 Å². The highest BCUT2D eigenvalue weighted by molar-refractivity contribution is 5.14. The molecule has 2 N–H and O–H groups in total. The van der Waals surface area contributed by atoms with Gasteiger partial charge in [0.25, 0.3) is 0 Å². The van der Waals surface area contributed by atoms with E-state index in [-0.39, 0.29) is 6.61 Å². The first-order valence-electron chi connectivity index (χ1n) is 10.8. The highest BCUT2D eigenvalue weighted by atomic mass is 16.3. The fourth-order valence-electron chi connectivity index (χ4n) is 4.20. The lowest BCUT2D eigenvalue weighted by Crippen LogP contribution is -2.53. The first-order valence-corrected chi connectivity index (χ1v) is 10.8. The second-order valence-corrected chi connectivity index (χ2v) is 8.51. The number of aliphatic hydroxyl groups is 1. The van der Waals surface area contributed by atoms with Gasteiger partial charge in [0, 0.05) is 44.5 Å². The Hall–Kier alpha value is -1.69. The van der Waals surface area contributed by atoms with E-state index in [0.717, 1.165) is 57.7 Å². The molecule has 0 bridgehead atoms. The summed E-state index contributed by atoms with van der Waals surface area (Å²) in [6, 6.07) is 13.4. The summed E-state index contributed by atoms with van der Waals surface area (Å²) in [6.07, 6.45) is 4.17. The van der Waals surface area contributed by atoms with Gasteiger partial charge in [-0.3, -0.25) is 14.9 Å². The molecular formula is C23H36N4O. The number of hydrogen-bond acceptors (Lipinski definition) is 4. The monoisotopic (exact) mass is 384 g/mol. The minimum atomic E-state index is 0.260. The lowest BCUT2D eigenvalue weighted by Gasteiger charge is -2.41. The van der Waals surface area contributed by atoms with E-state index in [4.69, 9.17) is 0 Å². The van der Waals surface area contributed by atoms with Gasteiger partial charge < -0.3 is 5.11 Å². The summed E-state index contributed by atoms with van der Waals surface area (Å²) in [4.78, 5) is 5.08. The van der Waals surface area contributed by atoms with E-state index in [1.54, 1.807) is 0 Å². The molecule has 3 rings (SSSR count). The van der Waals surface area contributed by atoms with Crippen molar-refractivity contribution in [3.8, 4) is 0 Å². The van der Waals surface area contributed by atoms with Crippen LogP contribution in [0.4, 0.5) is 0 Å². The van der Waals surface area contributed by atoms with Gasteiger partial charge in [0.1, 0.15) is 0 Å². The maximum atomic E-state index is 9.54. The summed E-state index contributed by atoms with van der Waals surface area (Å²) in [5.74, 6) is 0.629. The van der Waals surface area contributed by atoms with Crippen LogP contribution in [0.1, 0.15) is 43.6 Å². The van der Waals surface area contributed by atoms with Crippen molar-refractivity contribution in [3.63, 3.8) is 0 Å². The number of nitrogens with zero attached hydrogens (tertiary/aromatic N) is 3. The second-order valence-electron chi connectivity index (χ2n) is 8.51. The fourth-order valence-corrected chi connectivity index (χ4v) is 4.20. The molecule has 1 fully saturated rings. The van der Waals surface area contributed by atoms with Gasteiger partial charge in [0.15, 0.2) is 0 Å². The van der Waals surface area contributed by atoms with Gasteiger partial charge in [-0.1, -0.05) is 44.2 Å². The largest absolute Gasteiger partial charge is 0.396 e. The number of aryl methyl sites for hydroxylation is 1. The third-order valence-electron chi connectivity index (χ3n) is 5.60. The van der Waals surface area contributed by atoms with Crippen LogP contribution in [0.5, 0.6) is 0 Å². The standard InChI is InChI=1S/C23H36N4O/c1-19(2)15-21-16-22(25-24-21)17-26-12-13-27(23(18-26)10-14-28)11-6-9-20-7-4-3-5-8-20/h3-5,7-8,16,19,23,28H,6,9-15,17-18H2,1-2H3,(H,24,25)/t23-/m0/s1. The van der Waals surface area contributed by atoms with Crippen LogP contribution in [0.25, 0.3) is 0 Å². The molecule has 1 aromatic heterocycles. The van der Waals surface area contributed by atoms with Gasteiger partial charge in [0.2, 0.25) is 0 Å². The minimum Gasteiger partial charge on any atom is -0.396 e. The fraction of sp³-hybridized carbons (Fsp3) is 0.609. The van der Waals surface area contributed by atoms with Crippen molar-refractivity contribution >= 4 is 0 Å². The highest BCUT2D eigenvalue weighted by Crippen LogP contribution is 2.17. The summed E-state index contributed by atoms with van der Waals surface area (Å²) in [6.45, 7) is 9.91. The average Bonchev–Trinajstić information content (AvgIpc) is 3.10. The van der Waals surface area contributed by atoms with Gasteiger partial charge in [-0.25, -0.2) is 0 Å². The first kappa shape index (κ1) is 21.0. The Bertz CT molecular complexity index is 685. The number of benzene rings is 1. The average molecular weight is 385 g/mol. The van der Waals surface area contributed by atoms with Crippen molar-refractivity contribution in [1.82, 2.24) is 20.0 Å². The van der Waals surface area contributed by atoms with Crippen LogP contribution in [0.15, 0.2) is 36.4 Å². The zero-order chi connectivity index (χ0) is 19.8. The quantitative estimate of drug-likeness (QED) is 0.661. The molecule has 0 saturated carbocycles. The van der Waals surface area contributed by atoms with Gasteiger partial charge in [-0.05, 0) is 49.8 Å². The molecule has 5 heteroatoms. The first-order chi connectivity index (χ1) is 13.6. The molecule has 0 amide bonds. The molecule has 1 aliphatic heterocycles. The molecule has 5 nitrogen and oxygen atoms in total. The summed E-state index contributed by atoms with van der Waals surface area (Å²) in [7, 11) is 0. The van der Waals surface area contributed by atoms with Gasteiger partial charge in [-0.2, -0.15) is 5.10 Å². The van der Waals surface area contributed by atoms with Crippen LogP contribution in [-0.2, 0) is 19.4 Å². The minimum absolute atomic E-state index is 0.260. The van der Waals surface area contributed by atoms with E-state index in [9.17, 15) is 5.11 Å². The molecule has 1 aromatic carbocycles. The molecule has 2 aromatic rings. The topological polar surface area (TPSA) is 55.4 Å². The number of H-pyrrole nitrogens is 1. The number of aliphatic hydroxyl groups excluding tert-OH is 1. The third kappa shape index (κ3) is 6.43. The Morgan fingerprint density at radius 2 is 2.04 bits per heavy atom. The summed E-state index contributed by atoms with van der Waals surface area (Å²) < 4.78 is 0. The number of nitrogens with one attached hydrogen (secondary N) is 1. The van der Waals surface area contributed by atoms with Gasteiger partial charge in [-0.15, -0.1) is 0 Å². The Balaban J connectivity index is 1.48. The van der Waals surface area contributed by atoms with E-state index >= 15 is 0 Å². The lowest BCUT2D eigenvalue weighted by atomic mass is 10.1. The van der Waals surface area contributed by atoms with Crippen LogP contribution < -0.4 is 0 Å². The maximum absolute atomic E-state index is 9.54. The Morgan fingerprint density at radius 3 is 2.79 bits per heavy atom. The summed E-state index contributed by atoms with van der Waals surface area (Å²) in [5, 5.41) is 17.2. The van der Waals surface area contributed by atoms with Gasteiger partial charge >= 0.3 is 0 Å². The maximum Gasteiger partial charge on any atom is 0.0628 e. The van der Waals surface area contributed by atoms with Crippen molar-refractivity contribution in [3.05, 3.63) is 53.3 Å². The van der Waals surface area contributed by atoms with Crippen molar-refractivity contribution in [2.24, 2.45) is 5.92 Å². The lowest BCUT2D eigenvalue weighted by molar-refractivity contribution is 0.0541. The number of aromatic amines is 1. The summed E-state index contributed by atoms with van der Waals surface area (Å²) in [5.41, 5.74) is 3.78. The predicted octanol–water partition coefficient (Wildman–Crippen LogP) is 3.11. The van der Waals surface area contributed by atoms with Crippen molar-refractivity contribution in [1.29, 1.82) is 0 Å². The Labute approximate surface area is 169 Å². The molecular weight excluding hydrogens is 348 g/mol. The number of piperazine rings is 1.